The summed E-state index contributed by atoms with van der Waals surface area (Å²) >= 11 is 7.53. The van der Waals surface area contributed by atoms with Gasteiger partial charge in [0.05, 0.1) is 0 Å². The molecule has 0 fully saturated rings. The SMILES string of the molecule is Cc1ccc(Cl)cc1OCc1cc(C#CCO)cs1. The first-order valence-electron chi connectivity index (χ1n) is 5.75. The Morgan fingerprint density at radius 3 is 3.00 bits per heavy atom. The van der Waals surface area contributed by atoms with Crippen LogP contribution < -0.4 is 4.74 Å². The number of rotatable bonds is 3. The highest BCUT2D eigenvalue weighted by atomic mass is 35.5. The van der Waals surface area contributed by atoms with E-state index in [1.54, 1.807) is 11.3 Å². The number of hydrogen-bond donors (Lipinski definition) is 1. The van der Waals surface area contributed by atoms with Crippen LogP contribution in [0.4, 0.5) is 0 Å². The Balaban J connectivity index is 2.02. The highest BCUT2D eigenvalue weighted by Crippen LogP contribution is 2.24. The zero-order valence-electron chi connectivity index (χ0n) is 10.4. The van der Waals surface area contributed by atoms with Crippen LogP contribution in [0.5, 0.6) is 5.75 Å². The molecule has 2 aromatic rings. The van der Waals surface area contributed by atoms with Crippen molar-refractivity contribution in [3.63, 3.8) is 0 Å². The Labute approximate surface area is 121 Å². The predicted octanol–water partition coefficient (Wildman–Crippen LogP) is 3.63. The smallest absolute Gasteiger partial charge is 0.124 e. The zero-order valence-corrected chi connectivity index (χ0v) is 12.0. The fourth-order valence-corrected chi connectivity index (χ4v) is 2.43. The van der Waals surface area contributed by atoms with Crippen LogP contribution in [0.25, 0.3) is 0 Å². The van der Waals surface area contributed by atoms with Crippen molar-refractivity contribution in [1.82, 2.24) is 0 Å². The predicted molar refractivity (Wildman–Crippen MR) is 78.8 cm³/mol. The highest BCUT2D eigenvalue weighted by molar-refractivity contribution is 7.10. The average Bonchev–Trinajstić information content (AvgIpc) is 2.85. The second kappa shape index (κ2) is 6.63. The van der Waals surface area contributed by atoms with Gasteiger partial charge >= 0.3 is 0 Å². The van der Waals surface area contributed by atoms with E-state index < -0.39 is 0 Å². The average molecular weight is 293 g/mol. The molecule has 1 aromatic carbocycles. The fourth-order valence-electron chi connectivity index (χ4n) is 1.54. The maximum atomic E-state index is 8.64. The summed E-state index contributed by atoms with van der Waals surface area (Å²) in [5.41, 5.74) is 1.96. The van der Waals surface area contributed by atoms with Gasteiger partial charge in [0, 0.05) is 20.8 Å². The minimum absolute atomic E-state index is 0.122. The summed E-state index contributed by atoms with van der Waals surface area (Å²) in [6.07, 6.45) is 0. The van der Waals surface area contributed by atoms with Gasteiger partial charge in [-0.05, 0) is 30.7 Å². The van der Waals surface area contributed by atoms with E-state index >= 15 is 0 Å². The summed E-state index contributed by atoms with van der Waals surface area (Å²) in [6, 6.07) is 7.56. The van der Waals surface area contributed by atoms with Gasteiger partial charge in [-0.15, -0.1) is 11.3 Å². The maximum Gasteiger partial charge on any atom is 0.124 e. The molecular formula is C15H13ClO2S. The van der Waals surface area contributed by atoms with Crippen LogP contribution in [-0.2, 0) is 6.61 Å². The Kier molecular flexibility index (Phi) is 4.86. The molecule has 1 aromatic heterocycles. The van der Waals surface area contributed by atoms with Gasteiger partial charge < -0.3 is 9.84 Å². The number of aryl methyl sites for hydroxylation is 1. The molecular weight excluding hydrogens is 280 g/mol. The summed E-state index contributed by atoms with van der Waals surface area (Å²) in [5, 5.41) is 11.3. The molecule has 0 aliphatic rings. The molecule has 0 spiro atoms. The summed E-state index contributed by atoms with van der Waals surface area (Å²) in [6.45, 7) is 2.36. The normalized spacial score (nSPS) is 9.84. The molecule has 0 radical (unpaired) electrons. The third-order valence-electron chi connectivity index (χ3n) is 2.49. The number of thiophene rings is 1. The van der Waals surface area contributed by atoms with Gasteiger partial charge in [-0.2, -0.15) is 0 Å². The first-order valence-corrected chi connectivity index (χ1v) is 7.01. The van der Waals surface area contributed by atoms with E-state index in [9.17, 15) is 0 Å². The molecule has 0 saturated carbocycles. The summed E-state index contributed by atoms with van der Waals surface area (Å²) in [7, 11) is 0. The summed E-state index contributed by atoms with van der Waals surface area (Å²) in [5.74, 6) is 6.28. The fraction of sp³-hybridized carbons (Fsp3) is 0.200. The van der Waals surface area contributed by atoms with Crippen molar-refractivity contribution >= 4 is 22.9 Å². The molecule has 0 aliphatic heterocycles. The molecule has 0 saturated heterocycles. The number of ether oxygens (including phenoxy) is 1. The van der Waals surface area contributed by atoms with Crippen molar-refractivity contribution in [3.8, 4) is 17.6 Å². The Bertz CT molecular complexity index is 623. The topological polar surface area (TPSA) is 29.5 Å². The first-order chi connectivity index (χ1) is 9.19. The van der Waals surface area contributed by atoms with Crippen LogP contribution in [-0.4, -0.2) is 11.7 Å². The lowest BCUT2D eigenvalue weighted by atomic mass is 10.2. The number of benzene rings is 1. The van der Waals surface area contributed by atoms with Crippen molar-refractivity contribution in [2.75, 3.05) is 6.61 Å². The second-order valence-corrected chi connectivity index (χ2v) is 5.39. The monoisotopic (exact) mass is 292 g/mol. The maximum absolute atomic E-state index is 8.64. The van der Waals surface area contributed by atoms with E-state index in [-0.39, 0.29) is 6.61 Å². The van der Waals surface area contributed by atoms with Gasteiger partial charge in [0.2, 0.25) is 0 Å². The van der Waals surface area contributed by atoms with Crippen LogP contribution in [0.3, 0.4) is 0 Å². The van der Waals surface area contributed by atoms with Crippen LogP contribution in [0.1, 0.15) is 16.0 Å². The molecule has 4 heteroatoms. The lowest BCUT2D eigenvalue weighted by molar-refractivity contribution is 0.307. The quantitative estimate of drug-likeness (QED) is 0.875. The second-order valence-electron chi connectivity index (χ2n) is 3.96. The van der Waals surface area contributed by atoms with Gasteiger partial charge in [-0.3, -0.25) is 0 Å². The van der Waals surface area contributed by atoms with Crippen LogP contribution >= 0.6 is 22.9 Å². The van der Waals surface area contributed by atoms with E-state index in [2.05, 4.69) is 11.8 Å². The highest BCUT2D eigenvalue weighted by Gasteiger charge is 2.03. The molecule has 98 valence electrons. The van der Waals surface area contributed by atoms with Crippen molar-refractivity contribution < 1.29 is 9.84 Å². The first kappa shape index (κ1) is 14.0. The van der Waals surface area contributed by atoms with E-state index in [0.717, 1.165) is 21.8 Å². The number of hydrogen-bond acceptors (Lipinski definition) is 3. The minimum Gasteiger partial charge on any atom is -0.488 e. The third kappa shape index (κ3) is 4.00. The number of aliphatic hydroxyl groups is 1. The molecule has 0 unspecified atom stereocenters. The van der Waals surface area contributed by atoms with Crippen LogP contribution in [0, 0.1) is 18.8 Å². The van der Waals surface area contributed by atoms with Crippen molar-refractivity contribution in [1.29, 1.82) is 0 Å². The van der Waals surface area contributed by atoms with Crippen molar-refractivity contribution in [2.24, 2.45) is 0 Å². The lowest BCUT2D eigenvalue weighted by Crippen LogP contribution is -1.94. The van der Waals surface area contributed by atoms with E-state index in [1.165, 1.54) is 0 Å². The lowest BCUT2D eigenvalue weighted by Gasteiger charge is -2.08. The zero-order chi connectivity index (χ0) is 13.7. The van der Waals surface area contributed by atoms with Gasteiger partial charge in [0.15, 0.2) is 0 Å². The molecule has 1 N–H and O–H groups in total. The Morgan fingerprint density at radius 2 is 2.21 bits per heavy atom. The third-order valence-corrected chi connectivity index (χ3v) is 3.63. The number of aliphatic hydroxyl groups excluding tert-OH is 1. The Hall–Kier alpha value is -1.47. The molecule has 2 rings (SSSR count). The molecule has 0 atom stereocenters. The molecule has 2 nitrogen and oxygen atoms in total. The van der Waals surface area contributed by atoms with E-state index in [1.807, 2.05) is 36.6 Å². The van der Waals surface area contributed by atoms with Gasteiger partial charge in [0.25, 0.3) is 0 Å². The minimum atomic E-state index is -0.122. The number of halogens is 1. The van der Waals surface area contributed by atoms with Crippen molar-refractivity contribution in [3.05, 3.63) is 50.7 Å². The van der Waals surface area contributed by atoms with E-state index in [0.29, 0.717) is 11.6 Å². The molecule has 0 bridgehead atoms. The standard InChI is InChI=1S/C15H13ClO2S/c1-11-4-5-13(16)8-15(11)18-9-14-7-12(10-19-14)3-2-6-17/h4-5,7-8,10,17H,6,9H2,1H3. The van der Waals surface area contributed by atoms with Gasteiger partial charge in [-0.25, -0.2) is 0 Å². The van der Waals surface area contributed by atoms with Gasteiger partial charge in [0.1, 0.15) is 19.0 Å². The van der Waals surface area contributed by atoms with E-state index in [4.69, 9.17) is 21.4 Å². The van der Waals surface area contributed by atoms with Crippen LogP contribution in [0.2, 0.25) is 5.02 Å². The summed E-state index contributed by atoms with van der Waals surface area (Å²) < 4.78 is 5.75. The van der Waals surface area contributed by atoms with Crippen LogP contribution in [0.15, 0.2) is 29.6 Å². The summed E-state index contributed by atoms with van der Waals surface area (Å²) in [4.78, 5) is 1.08. The molecule has 0 aliphatic carbocycles. The Morgan fingerprint density at radius 1 is 1.37 bits per heavy atom. The molecule has 1 heterocycles. The molecule has 0 amide bonds. The largest absolute Gasteiger partial charge is 0.488 e. The van der Waals surface area contributed by atoms with Gasteiger partial charge in [-0.1, -0.05) is 29.5 Å². The molecule has 19 heavy (non-hydrogen) atoms. The van der Waals surface area contributed by atoms with Crippen molar-refractivity contribution in [2.45, 2.75) is 13.5 Å².